The van der Waals surface area contributed by atoms with Gasteiger partial charge in [0.05, 0.1) is 5.88 Å². The number of nitrogens with zero attached hydrogens (tertiary/aromatic N) is 1. The molecule has 1 fully saturated rings. The Morgan fingerprint density at radius 3 is 2.59 bits per heavy atom. The summed E-state index contributed by atoms with van der Waals surface area (Å²) in [6.07, 6.45) is 5.28. The lowest BCUT2D eigenvalue weighted by molar-refractivity contribution is 0.618. The minimum absolute atomic E-state index is 0.484. The Labute approximate surface area is 114 Å². The predicted molar refractivity (Wildman–Crippen MR) is 76.3 cm³/mol. The van der Waals surface area contributed by atoms with Crippen LogP contribution in [0.15, 0.2) is 18.2 Å². The number of halogens is 2. The molecule has 0 saturated heterocycles. The summed E-state index contributed by atoms with van der Waals surface area (Å²) in [7, 11) is 0. The molecule has 3 heteroatoms. The quantitative estimate of drug-likeness (QED) is 0.708. The SMILES string of the molecule is CCN(c1cccc(Cl)c1CCl)C1CCCC1. The van der Waals surface area contributed by atoms with Crippen molar-refractivity contribution in [1.29, 1.82) is 0 Å². The molecule has 0 N–H and O–H groups in total. The van der Waals surface area contributed by atoms with Crippen LogP contribution >= 0.6 is 23.2 Å². The minimum Gasteiger partial charge on any atom is -0.369 e. The van der Waals surface area contributed by atoms with Gasteiger partial charge >= 0.3 is 0 Å². The van der Waals surface area contributed by atoms with Crippen molar-refractivity contribution in [3.8, 4) is 0 Å². The molecule has 94 valence electrons. The molecule has 1 aliphatic rings. The number of alkyl halides is 1. The largest absolute Gasteiger partial charge is 0.369 e. The van der Waals surface area contributed by atoms with Gasteiger partial charge in [-0.25, -0.2) is 0 Å². The first-order valence-electron chi connectivity index (χ1n) is 6.38. The number of benzene rings is 1. The van der Waals surface area contributed by atoms with Gasteiger partial charge in [-0.2, -0.15) is 0 Å². The summed E-state index contributed by atoms with van der Waals surface area (Å²) >= 11 is 12.3. The van der Waals surface area contributed by atoms with Crippen LogP contribution < -0.4 is 4.90 Å². The van der Waals surface area contributed by atoms with Crippen LogP contribution in [0.4, 0.5) is 5.69 Å². The molecule has 0 spiro atoms. The van der Waals surface area contributed by atoms with Crippen LogP contribution in [-0.2, 0) is 5.88 Å². The van der Waals surface area contributed by atoms with Gasteiger partial charge in [0.1, 0.15) is 0 Å². The zero-order valence-electron chi connectivity index (χ0n) is 10.3. The summed E-state index contributed by atoms with van der Waals surface area (Å²) in [6.45, 7) is 3.23. The van der Waals surface area contributed by atoms with Crippen LogP contribution in [0.2, 0.25) is 5.02 Å². The van der Waals surface area contributed by atoms with Crippen molar-refractivity contribution in [2.45, 2.75) is 44.5 Å². The van der Waals surface area contributed by atoms with Gasteiger partial charge in [-0.1, -0.05) is 30.5 Å². The monoisotopic (exact) mass is 271 g/mol. The van der Waals surface area contributed by atoms with Crippen LogP contribution in [0.3, 0.4) is 0 Å². The number of anilines is 1. The smallest absolute Gasteiger partial charge is 0.0509 e. The van der Waals surface area contributed by atoms with Gasteiger partial charge in [-0.05, 0) is 31.9 Å². The third-order valence-corrected chi connectivity index (χ3v) is 4.26. The van der Waals surface area contributed by atoms with E-state index >= 15 is 0 Å². The van der Waals surface area contributed by atoms with Gasteiger partial charge in [0.2, 0.25) is 0 Å². The van der Waals surface area contributed by atoms with E-state index in [4.69, 9.17) is 23.2 Å². The molecule has 0 bridgehead atoms. The van der Waals surface area contributed by atoms with E-state index in [1.165, 1.54) is 31.4 Å². The number of hydrogen-bond acceptors (Lipinski definition) is 1. The molecule has 0 aromatic heterocycles. The molecule has 0 amide bonds. The van der Waals surface area contributed by atoms with E-state index in [0.29, 0.717) is 11.9 Å². The highest BCUT2D eigenvalue weighted by molar-refractivity contribution is 6.32. The molecule has 1 aliphatic carbocycles. The second kappa shape index (κ2) is 5.97. The van der Waals surface area contributed by atoms with E-state index in [1.54, 1.807) is 0 Å². The second-order valence-electron chi connectivity index (χ2n) is 4.60. The average Bonchev–Trinajstić information content (AvgIpc) is 2.84. The summed E-state index contributed by atoms with van der Waals surface area (Å²) in [5.74, 6) is 0.484. The van der Waals surface area contributed by atoms with Gasteiger partial charge in [0, 0.05) is 28.9 Å². The molecular formula is C14H19Cl2N. The summed E-state index contributed by atoms with van der Waals surface area (Å²) in [6, 6.07) is 6.75. The number of hydrogen-bond donors (Lipinski definition) is 0. The highest BCUT2D eigenvalue weighted by atomic mass is 35.5. The Kier molecular flexibility index (Phi) is 4.58. The zero-order chi connectivity index (χ0) is 12.3. The Bertz CT molecular complexity index is 372. The molecule has 1 aromatic carbocycles. The van der Waals surface area contributed by atoms with Crippen LogP contribution in [0.1, 0.15) is 38.2 Å². The molecule has 2 rings (SSSR count). The molecule has 0 radical (unpaired) electrons. The lowest BCUT2D eigenvalue weighted by atomic mass is 10.1. The van der Waals surface area contributed by atoms with Crippen LogP contribution in [-0.4, -0.2) is 12.6 Å². The maximum Gasteiger partial charge on any atom is 0.0509 e. The van der Waals surface area contributed by atoms with Gasteiger partial charge in [-0.15, -0.1) is 11.6 Å². The van der Waals surface area contributed by atoms with Gasteiger partial charge < -0.3 is 4.90 Å². The third-order valence-electron chi connectivity index (χ3n) is 3.64. The van der Waals surface area contributed by atoms with Crippen LogP contribution in [0.25, 0.3) is 0 Å². The van der Waals surface area contributed by atoms with Crippen LogP contribution in [0.5, 0.6) is 0 Å². The molecule has 0 aliphatic heterocycles. The van der Waals surface area contributed by atoms with Crippen molar-refractivity contribution >= 4 is 28.9 Å². The first-order valence-corrected chi connectivity index (χ1v) is 7.29. The van der Waals surface area contributed by atoms with Gasteiger partial charge in [0.15, 0.2) is 0 Å². The Balaban J connectivity index is 2.32. The van der Waals surface area contributed by atoms with E-state index in [1.807, 2.05) is 12.1 Å². The Morgan fingerprint density at radius 2 is 2.00 bits per heavy atom. The fraction of sp³-hybridized carbons (Fsp3) is 0.571. The normalized spacial score (nSPS) is 16.4. The lowest BCUT2D eigenvalue weighted by Crippen LogP contribution is -2.33. The summed E-state index contributed by atoms with van der Waals surface area (Å²) in [5.41, 5.74) is 2.30. The van der Waals surface area contributed by atoms with Crippen molar-refractivity contribution < 1.29 is 0 Å². The first-order chi connectivity index (χ1) is 8.27. The molecule has 1 saturated carbocycles. The van der Waals surface area contributed by atoms with Crippen LogP contribution in [0, 0.1) is 0 Å². The van der Waals surface area contributed by atoms with Crippen molar-refractivity contribution in [1.82, 2.24) is 0 Å². The van der Waals surface area contributed by atoms with E-state index < -0.39 is 0 Å². The maximum absolute atomic E-state index is 6.23. The fourth-order valence-corrected chi connectivity index (χ4v) is 3.38. The van der Waals surface area contributed by atoms with Gasteiger partial charge in [-0.3, -0.25) is 0 Å². The molecule has 0 unspecified atom stereocenters. The molecule has 0 heterocycles. The van der Waals surface area contributed by atoms with E-state index in [2.05, 4.69) is 17.9 Å². The van der Waals surface area contributed by atoms with E-state index in [-0.39, 0.29) is 0 Å². The molecular weight excluding hydrogens is 253 g/mol. The lowest BCUT2D eigenvalue weighted by Gasteiger charge is -2.31. The highest BCUT2D eigenvalue weighted by Crippen LogP contribution is 2.34. The predicted octanol–water partition coefficient (Wildman–Crippen LogP) is 4.85. The summed E-state index contributed by atoms with van der Waals surface area (Å²) in [4.78, 5) is 2.47. The minimum atomic E-state index is 0.484. The first kappa shape index (κ1) is 13.0. The van der Waals surface area contributed by atoms with Gasteiger partial charge in [0.25, 0.3) is 0 Å². The maximum atomic E-state index is 6.23. The third kappa shape index (κ3) is 2.71. The standard InChI is InChI=1S/C14H19Cl2N/c1-2-17(11-6-3-4-7-11)14-9-5-8-13(16)12(14)10-15/h5,8-9,11H,2-4,6-7,10H2,1H3. The van der Waals surface area contributed by atoms with E-state index in [0.717, 1.165) is 17.1 Å². The Hall–Kier alpha value is -0.400. The molecule has 0 atom stereocenters. The van der Waals surface area contributed by atoms with Crippen molar-refractivity contribution in [2.24, 2.45) is 0 Å². The zero-order valence-corrected chi connectivity index (χ0v) is 11.8. The van der Waals surface area contributed by atoms with Crippen molar-refractivity contribution in [2.75, 3.05) is 11.4 Å². The Morgan fingerprint density at radius 1 is 1.29 bits per heavy atom. The number of rotatable bonds is 4. The molecule has 1 nitrogen and oxygen atoms in total. The van der Waals surface area contributed by atoms with Crippen molar-refractivity contribution in [3.63, 3.8) is 0 Å². The average molecular weight is 272 g/mol. The highest BCUT2D eigenvalue weighted by Gasteiger charge is 2.23. The van der Waals surface area contributed by atoms with E-state index in [9.17, 15) is 0 Å². The second-order valence-corrected chi connectivity index (χ2v) is 5.27. The van der Waals surface area contributed by atoms with Crippen molar-refractivity contribution in [3.05, 3.63) is 28.8 Å². The fourth-order valence-electron chi connectivity index (χ4n) is 2.79. The molecule has 1 aromatic rings. The summed E-state index contributed by atoms with van der Waals surface area (Å²) in [5, 5.41) is 0.786. The molecule has 17 heavy (non-hydrogen) atoms. The summed E-state index contributed by atoms with van der Waals surface area (Å²) < 4.78 is 0. The topological polar surface area (TPSA) is 3.24 Å².